The Kier molecular flexibility index (Phi) is 6.04. The number of unbranched alkanes of at least 4 members (excludes halogenated alkanes) is 1. The number of carbonyl (C=O) groups is 1. The summed E-state index contributed by atoms with van der Waals surface area (Å²) in [6.07, 6.45) is 3.81. The standard InChI is InChI=1S/C13H25N3O5S2/c1-2-3-7-12(16-10-6-11-22(16,18)19)13(17)14-23(20,21)15-8-4-5-9-15/h12H,2-11H2,1H3,(H,14,17). The molecule has 1 amide bonds. The van der Waals surface area contributed by atoms with Crippen molar-refractivity contribution in [2.45, 2.75) is 51.5 Å². The lowest BCUT2D eigenvalue weighted by Gasteiger charge is -2.26. The molecule has 0 aromatic heterocycles. The molecule has 2 saturated heterocycles. The second kappa shape index (κ2) is 7.45. The maximum atomic E-state index is 12.5. The Morgan fingerprint density at radius 2 is 1.83 bits per heavy atom. The van der Waals surface area contributed by atoms with Crippen LogP contribution in [0.25, 0.3) is 0 Å². The summed E-state index contributed by atoms with van der Waals surface area (Å²) in [6.45, 7) is 3.00. The molecule has 2 heterocycles. The summed E-state index contributed by atoms with van der Waals surface area (Å²) >= 11 is 0. The molecule has 0 spiro atoms. The largest absolute Gasteiger partial charge is 0.303 e. The Morgan fingerprint density at radius 1 is 1.17 bits per heavy atom. The minimum Gasteiger partial charge on any atom is -0.272 e. The van der Waals surface area contributed by atoms with Gasteiger partial charge in [-0.05, 0) is 25.7 Å². The van der Waals surface area contributed by atoms with E-state index in [2.05, 4.69) is 4.72 Å². The number of amides is 1. The van der Waals surface area contributed by atoms with Crippen molar-refractivity contribution < 1.29 is 21.6 Å². The molecule has 2 aliphatic rings. The number of nitrogens with one attached hydrogen (secondary N) is 1. The molecule has 0 aromatic rings. The molecular formula is C13H25N3O5S2. The van der Waals surface area contributed by atoms with Gasteiger partial charge in [0.2, 0.25) is 10.0 Å². The van der Waals surface area contributed by atoms with E-state index in [9.17, 15) is 21.6 Å². The second-order valence-corrected chi connectivity index (χ2v) is 9.73. The lowest BCUT2D eigenvalue weighted by Crippen LogP contribution is -2.52. The molecule has 2 rings (SSSR count). The van der Waals surface area contributed by atoms with E-state index in [1.165, 1.54) is 4.31 Å². The van der Waals surface area contributed by atoms with Gasteiger partial charge in [0, 0.05) is 19.6 Å². The van der Waals surface area contributed by atoms with E-state index in [4.69, 9.17) is 0 Å². The average Bonchev–Trinajstić information content (AvgIpc) is 3.09. The number of carbonyl (C=O) groups excluding carboxylic acids is 1. The smallest absolute Gasteiger partial charge is 0.272 e. The highest BCUT2D eigenvalue weighted by Gasteiger charge is 2.39. The van der Waals surface area contributed by atoms with Crippen molar-refractivity contribution in [1.29, 1.82) is 0 Å². The van der Waals surface area contributed by atoms with Crippen LogP contribution in [0.15, 0.2) is 0 Å². The lowest BCUT2D eigenvalue weighted by atomic mass is 10.1. The molecule has 10 heteroatoms. The molecule has 2 fully saturated rings. The maximum absolute atomic E-state index is 12.5. The van der Waals surface area contributed by atoms with Crippen LogP contribution in [0, 0.1) is 0 Å². The highest BCUT2D eigenvalue weighted by Crippen LogP contribution is 2.21. The first-order valence-corrected chi connectivity index (χ1v) is 11.1. The molecule has 1 unspecified atom stereocenters. The Labute approximate surface area is 138 Å². The van der Waals surface area contributed by atoms with Crippen LogP contribution in [0.3, 0.4) is 0 Å². The van der Waals surface area contributed by atoms with E-state index < -0.39 is 32.2 Å². The fraction of sp³-hybridized carbons (Fsp3) is 0.923. The van der Waals surface area contributed by atoms with Crippen molar-refractivity contribution >= 4 is 26.1 Å². The fourth-order valence-electron chi connectivity index (χ4n) is 3.00. The van der Waals surface area contributed by atoms with E-state index in [0.717, 1.165) is 23.6 Å². The van der Waals surface area contributed by atoms with Gasteiger partial charge >= 0.3 is 10.2 Å². The van der Waals surface area contributed by atoms with Gasteiger partial charge < -0.3 is 0 Å². The maximum Gasteiger partial charge on any atom is 0.303 e. The number of hydrogen-bond donors (Lipinski definition) is 1. The Bertz CT molecular complexity index is 626. The van der Waals surface area contributed by atoms with Gasteiger partial charge in [0.1, 0.15) is 6.04 Å². The Morgan fingerprint density at radius 3 is 2.35 bits per heavy atom. The summed E-state index contributed by atoms with van der Waals surface area (Å²) in [7, 11) is -7.36. The van der Waals surface area contributed by atoms with Gasteiger partial charge in [-0.1, -0.05) is 19.8 Å². The summed E-state index contributed by atoms with van der Waals surface area (Å²) in [5.41, 5.74) is 0. The van der Waals surface area contributed by atoms with Crippen molar-refractivity contribution in [1.82, 2.24) is 13.3 Å². The van der Waals surface area contributed by atoms with Gasteiger partial charge in [0.25, 0.3) is 5.91 Å². The molecule has 0 radical (unpaired) electrons. The third kappa shape index (κ3) is 4.43. The van der Waals surface area contributed by atoms with Crippen LogP contribution in [0.1, 0.15) is 45.4 Å². The van der Waals surface area contributed by atoms with Gasteiger partial charge in [-0.2, -0.15) is 17.0 Å². The predicted molar refractivity (Wildman–Crippen MR) is 86.3 cm³/mol. The molecule has 8 nitrogen and oxygen atoms in total. The summed E-state index contributed by atoms with van der Waals surface area (Å²) in [5.74, 6) is -0.724. The van der Waals surface area contributed by atoms with Gasteiger partial charge in [-0.15, -0.1) is 0 Å². The summed E-state index contributed by atoms with van der Waals surface area (Å²) in [5, 5.41) is 0. The lowest BCUT2D eigenvalue weighted by molar-refractivity contribution is -0.123. The van der Waals surface area contributed by atoms with Gasteiger partial charge in [0.15, 0.2) is 0 Å². The van der Waals surface area contributed by atoms with E-state index in [-0.39, 0.29) is 12.3 Å². The molecule has 2 aliphatic heterocycles. The fourth-order valence-corrected chi connectivity index (χ4v) is 5.98. The van der Waals surface area contributed by atoms with Crippen LogP contribution in [-0.4, -0.2) is 62.8 Å². The number of hydrogen-bond acceptors (Lipinski definition) is 5. The zero-order valence-electron chi connectivity index (χ0n) is 13.4. The van der Waals surface area contributed by atoms with E-state index in [1.807, 2.05) is 6.92 Å². The monoisotopic (exact) mass is 367 g/mol. The van der Waals surface area contributed by atoms with E-state index in [1.54, 1.807) is 0 Å². The first kappa shape index (κ1) is 18.6. The molecule has 134 valence electrons. The zero-order chi connectivity index (χ0) is 17.1. The molecule has 0 aliphatic carbocycles. The van der Waals surface area contributed by atoms with Crippen molar-refractivity contribution in [2.75, 3.05) is 25.4 Å². The van der Waals surface area contributed by atoms with Crippen LogP contribution >= 0.6 is 0 Å². The second-order valence-electron chi connectivity index (χ2n) is 6.02. The SMILES string of the molecule is CCCCC(C(=O)NS(=O)(=O)N1CCCC1)N1CCCS1(=O)=O. The summed E-state index contributed by atoms with van der Waals surface area (Å²) < 4.78 is 53.1. The van der Waals surface area contributed by atoms with Crippen LogP contribution in [-0.2, 0) is 25.0 Å². The Balaban J connectivity index is 2.13. The van der Waals surface area contributed by atoms with Crippen molar-refractivity contribution in [3.05, 3.63) is 0 Å². The van der Waals surface area contributed by atoms with E-state index in [0.29, 0.717) is 32.4 Å². The van der Waals surface area contributed by atoms with Gasteiger partial charge in [-0.3, -0.25) is 4.79 Å². The molecular weight excluding hydrogens is 342 g/mol. The van der Waals surface area contributed by atoms with Crippen LogP contribution in [0.2, 0.25) is 0 Å². The summed E-state index contributed by atoms with van der Waals surface area (Å²) in [4.78, 5) is 12.5. The third-order valence-corrected chi connectivity index (χ3v) is 7.71. The van der Waals surface area contributed by atoms with Crippen LogP contribution in [0.5, 0.6) is 0 Å². The summed E-state index contributed by atoms with van der Waals surface area (Å²) in [6, 6.07) is -0.945. The van der Waals surface area contributed by atoms with Crippen molar-refractivity contribution in [2.24, 2.45) is 0 Å². The van der Waals surface area contributed by atoms with Gasteiger partial charge in [0.05, 0.1) is 5.75 Å². The van der Waals surface area contributed by atoms with E-state index >= 15 is 0 Å². The van der Waals surface area contributed by atoms with Crippen LogP contribution < -0.4 is 4.72 Å². The quantitative estimate of drug-likeness (QED) is 0.684. The zero-order valence-corrected chi connectivity index (χ0v) is 15.0. The first-order chi connectivity index (χ1) is 10.8. The minimum absolute atomic E-state index is 0.0157. The first-order valence-electron chi connectivity index (χ1n) is 8.09. The molecule has 23 heavy (non-hydrogen) atoms. The minimum atomic E-state index is -3.88. The highest BCUT2D eigenvalue weighted by molar-refractivity contribution is 7.89. The molecule has 0 saturated carbocycles. The number of sulfonamides is 1. The third-order valence-electron chi connectivity index (χ3n) is 4.25. The molecule has 1 N–H and O–H groups in total. The topological polar surface area (TPSA) is 104 Å². The van der Waals surface area contributed by atoms with Crippen molar-refractivity contribution in [3.8, 4) is 0 Å². The Hall–Kier alpha value is -0.710. The average molecular weight is 367 g/mol. The molecule has 1 atom stereocenters. The predicted octanol–water partition coefficient (Wildman–Crippen LogP) is 0.0375. The highest BCUT2D eigenvalue weighted by atomic mass is 32.2. The van der Waals surface area contributed by atoms with Crippen LogP contribution in [0.4, 0.5) is 0 Å². The number of nitrogens with zero attached hydrogens (tertiary/aromatic N) is 2. The number of rotatable bonds is 7. The van der Waals surface area contributed by atoms with Gasteiger partial charge in [-0.25, -0.2) is 13.1 Å². The molecule has 0 bridgehead atoms. The van der Waals surface area contributed by atoms with Crippen molar-refractivity contribution in [3.63, 3.8) is 0 Å². The normalized spacial score (nSPS) is 23.9. The molecule has 0 aromatic carbocycles.